The van der Waals surface area contributed by atoms with Crippen LogP contribution in [0.2, 0.25) is 0 Å². The van der Waals surface area contributed by atoms with E-state index < -0.39 is 6.09 Å². The Balaban J connectivity index is 1.96. The number of carbonyl (C=O) groups is 2. The van der Waals surface area contributed by atoms with Gasteiger partial charge in [-0.2, -0.15) is 0 Å². The normalized spacial score (nSPS) is 11.0. The van der Waals surface area contributed by atoms with Crippen molar-refractivity contribution in [1.29, 1.82) is 0 Å². The van der Waals surface area contributed by atoms with Crippen molar-refractivity contribution in [3.05, 3.63) is 35.4 Å². The summed E-state index contributed by atoms with van der Waals surface area (Å²) in [4.78, 5) is 25.9. The zero-order valence-corrected chi connectivity index (χ0v) is 25.9. The summed E-state index contributed by atoms with van der Waals surface area (Å²) >= 11 is 0. The van der Waals surface area contributed by atoms with Crippen molar-refractivity contribution in [2.24, 2.45) is 0 Å². The molecule has 0 aliphatic heterocycles. The monoisotopic (exact) mass is 561 g/mol. The highest BCUT2D eigenvalue weighted by Gasteiger charge is 2.06. The number of nitrogens with one attached hydrogen (secondary N) is 2. The number of ether oxygens (including phenoxy) is 2. The molecule has 0 heterocycles. The Morgan fingerprint density at radius 2 is 1.02 bits per heavy atom. The molecule has 2 N–H and O–H groups in total. The van der Waals surface area contributed by atoms with Crippen molar-refractivity contribution < 1.29 is 19.1 Å². The van der Waals surface area contributed by atoms with Crippen LogP contribution in [0.5, 0.6) is 0 Å². The number of amides is 2. The van der Waals surface area contributed by atoms with Crippen molar-refractivity contribution >= 4 is 12.2 Å². The summed E-state index contributed by atoms with van der Waals surface area (Å²) in [5.74, 6) is 0. The SMILES string of the molecule is CCCCCCCCCCCCCCCCCCNC(=O)OCc1cccc(COC(=O)NCCCN(C)C)c1. The van der Waals surface area contributed by atoms with E-state index in [4.69, 9.17) is 9.47 Å². The predicted molar refractivity (Wildman–Crippen MR) is 166 cm³/mol. The van der Waals surface area contributed by atoms with E-state index in [1.807, 2.05) is 38.4 Å². The first kappa shape index (κ1) is 35.7. The lowest BCUT2D eigenvalue weighted by atomic mass is 10.0. The van der Waals surface area contributed by atoms with Crippen LogP contribution < -0.4 is 10.6 Å². The molecule has 0 aliphatic carbocycles. The van der Waals surface area contributed by atoms with Gasteiger partial charge in [0.2, 0.25) is 0 Å². The number of alkyl carbamates (subject to hydrolysis) is 2. The van der Waals surface area contributed by atoms with E-state index in [1.54, 1.807) is 0 Å². The van der Waals surface area contributed by atoms with Gasteiger partial charge in [-0.1, -0.05) is 121 Å². The third kappa shape index (κ3) is 22.5. The zero-order valence-electron chi connectivity index (χ0n) is 25.9. The van der Waals surface area contributed by atoms with E-state index in [1.165, 1.54) is 89.9 Å². The lowest BCUT2D eigenvalue weighted by Crippen LogP contribution is -2.27. The summed E-state index contributed by atoms with van der Waals surface area (Å²) < 4.78 is 10.6. The van der Waals surface area contributed by atoms with Crippen LogP contribution >= 0.6 is 0 Å². The van der Waals surface area contributed by atoms with E-state index in [2.05, 4.69) is 22.5 Å². The van der Waals surface area contributed by atoms with Gasteiger partial charge in [0.05, 0.1) is 0 Å². The van der Waals surface area contributed by atoms with Crippen LogP contribution in [0.4, 0.5) is 9.59 Å². The molecule has 0 saturated heterocycles. The Morgan fingerprint density at radius 1 is 0.625 bits per heavy atom. The molecule has 1 aromatic rings. The van der Waals surface area contributed by atoms with Crippen LogP contribution in [0.25, 0.3) is 0 Å². The number of benzene rings is 1. The summed E-state index contributed by atoms with van der Waals surface area (Å²) in [6.45, 7) is 4.79. The Kier molecular flexibility index (Phi) is 22.9. The molecule has 0 bridgehead atoms. The van der Waals surface area contributed by atoms with Crippen molar-refractivity contribution in [2.45, 2.75) is 129 Å². The highest BCUT2D eigenvalue weighted by molar-refractivity contribution is 5.67. The molecule has 0 aromatic heterocycles. The van der Waals surface area contributed by atoms with Gasteiger partial charge in [0.1, 0.15) is 13.2 Å². The molecule has 2 amide bonds. The van der Waals surface area contributed by atoms with Gasteiger partial charge in [-0.15, -0.1) is 0 Å². The molecule has 0 aliphatic rings. The first-order chi connectivity index (χ1) is 19.5. The second-order valence-corrected chi connectivity index (χ2v) is 11.3. The molecule has 7 nitrogen and oxygen atoms in total. The molecule has 1 rings (SSSR count). The summed E-state index contributed by atoms with van der Waals surface area (Å²) in [6.07, 6.45) is 21.4. The van der Waals surface area contributed by atoms with Crippen LogP contribution in [0.3, 0.4) is 0 Å². The van der Waals surface area contributed by atoms with Gasteiger partial charge in [0.15, 0.2) is 0 Å². The lowest BCUT2D eigenvalue weighted by Gasteiger charge is -2.11. The molecule has 0 saturated carbocycles. The second-order valence-electron chi connectivity index (χ2n) is 11.3. The van der Waals surface area contributed by atoms with E-state index in [-0.39, 0.29) is 19.3 Å². The fraction of sp³-hybridized carbons (Fsp3) is 0.758. The van der Waals surface area contributed by atoms with Crippen LogP contribution in [0.1, 0.15) is 127 Å². The number of unbranched alkanes of at least 4 members (excludes halogenated alkanes) is 15. The number of nitrogens with zero attached hydrogens (tertiary/aromatic N) is 1. The number of rotatable bonds is 25. The quantitative estimate of drug-likeness (QED) is 0.117. The predicted octanol–water partition coefficient (Wildman–Crippen LogP) is 8.35. The average molecular weight is 562 g/mol. The van der Waals surface area contributed by atoms with Gasteiger partial charge in [0, 0.05) is 13.1 Å². The van der Waals surface area contributed by atoms with Crippen LogP contribution in [0.15, 0.2) is 24.3 Å². The van der Waals surface area contributed by atoms with Gasteiger partial charge in [-0.05, 0) is 50.7 Å². The Hall–Kier alpha value is -2.28. The Bertz CT molecular complexity index is 757. The van der Waals surface area contributed by atoms with Crippen molar-refractivity contribution in [2.75, 3.05) is 33.7 Å². The molecule has 0 atom stereocenters. The third-order valence-electron chi connectivity index (χ3n) is 7.08. The van der Waals surface area contributed by atoms with Crippen molar-refractivity contribution in [1.82, 2.24) is 15.5 Å². The minimum atomic E-state index is -0.422. The first-order valence-corrected chi connectivity index (χ1v) is 16.0. The maximum atomic E-state index is 12.0. The summed E-state index contributed by atoms with van der Waals surface area (Å²) in [5, 5.41) is 5.60. The van der Waals surface area contributed by atoms with E-state index in [0.717, 1.165) is 36.9 Å². The molecule has 1 aromatic carbocycles. The van der Waals surface area contributed by atoms with Crippen molar-refractivity contribution in [3.8, 4) is 0 Å². The van der Waals surface area contributed by atoms with Gasteiger partial charge in [-0.25, -0.2) is 9.59 Å². The molecule has 40 heavy (non-hydrogen) atoms. The number of hydrogen-bond acceptors (Lipinski definition) is 5. The molecule has 230 valence electrons. The summed E-state index contributed by atoms with van der Waals surface area (Å²) in [5.41, 5.74) is 1.73. The van der Waals surface area contributed by atoms with Gasteiger partial charge < -0.3 is 25.0 Å². The van der Waals surface area contributed by atoms with Crippen LogP contribution in [-0.2, 0) is 22.7 Å². The highest BCUT2D eigenvalue weighted by atomic mass is 16.6. The minimum Gasteiger partial charge on any atom is -0.445 e. The fourth-order valence-electron chi connectivity index (χ4n) is 4.66. The molecule has 7 heteroatoms. The summed E-state index contributed by atoms with van der Waals surface area (Å²) in [7, 11) is 4.00. The van der Waals surface area contributed by atoms with Crippen LogP contribution in [0, 0.1) is 0 Å². The molecule has 0 fully saturated rings. The van der Waals surface area contributed by atoms with Gasteiger partial charge in [0.25, 0.3) is 0 Å². The largest absolute Gasteiger partial charge is 0.445 e. The standard InChI is InChI=1S/C33H59N3O4/c1-4-5-6-7-8-9-10-11-12-13-14-15-16-17-18-19-24-34-32(37)39-28-30-22-20-23-31(27-30)29-40-33(38)35-25-21-26-36(2)3/h20,22-23,27H,4-19,21,24-26,28-29H2,1-3H3,(H,34,37)(H,35,38). The average Bonchev–Trinajstić information content (AvgIpc) is 2.95. The fourth-order valence-corrected chi connectivity index (χ4v) is 4.66. The maximum Gasteiger partial charge on any atom is 0.407 e. The Labute approximate surface area is 245 Å². The molecular weight excluding hydrogens is 502 g/mol. The van der Waals surface area contributed by atoms with Gasteiger partial charge in [-0.3, -0.25) is 0 Å². The minimum absolute atomic E-state index is 0.179. The smallest absolute Gasteiger partial charge is 0.407 e. The summed E-state index contributed by atoms with van der Waals surface area (Å²) in [6, 6.07) is 7.55. The van der Waals surface area contributed by atoms with Crippen molar-refractivity contribution in [3.63, 3.8) is 0 Å². The second kappa shape index (κ2) is 25.7. The zero-order chi connectivity index (χ0) is 29.1. The van der Waals surface area contributed by atoms with Gasteiger partial charge >= 0.3 is 12.2 Å². The van der Waals surface area contributed by atoms with E-state index in [0.29, 0.717) is 13.1 Å². The van der Waals surface area contributed by atoms with E-state index in [9.17, 15) is 9.59 Å². The lowest BCUT2D eigenvalue weighted by molar-refractivity contribution is 0.138. The molecule has 0 unspecified atom stereocenters. The molecular formula is C33H59N3O4. The molecule has 0 radical (unpaired) electrons. The van der Waals surface area contributed by atoms with Crippen LogP contribution in [-0.4, -0.2) is 50.8 Å². The third-order valence-corrected chi connectivity index (χ3v) is 7.08. The first-order valence-electron chi connectivity index (χ1n) is 16.0. The number of hydrogen-bond donors (Lipinski definition) is 2. The topological polar surface area (TPSA) is 79.9 Å². The van der Waals surface area contributed by atoms with E-state index >= 15 is 0 Å². The highest BCUT2D eigenvalue weighted by Crippen LogP contribution is 2.14. The number of carbonyl (C=O) groups excluding carboxylic acids is 2. The molecule has 0 spiro atoms. The maximum absolute atomic E-state index is 12.0. The Morgan fingerprint density at radius 3 is 1.45 bits per heavy atom.